The second-order valence-electron chi connectivity index (χ2n) is 7.87. The van der Waals surface area contributed by atoms with E-state index in [1.807, 2.05) is 59.5 Å². The van der Waals surface area contributed by atoms with Gasteiger partial charge in [0.25, 0.3) is 5.91 Å². The lowest BCUT2D eigenvalue weighted by Gasteiger charge is -2.35. The van der Waals surface area contributed by atoms with Crippen molar-refractivity contribution in [3.63, 3.8) is 0 Å². The first kappa shape index (κ1) is 18.7. The monoisotopic (exact) mass is 427 g/mol. The normalized spacial score (nSPS) is 15.4. The van der Waals surface area contributed by atoms with Crippen LogP contribution in [0, 0.1) is 0 Å². The van der Waals surface area contributed by atoms with Crippen molar-refractivity contribution in [2.45, 2.75) is 0 Å². The Hall–Kier alpha value is -4.07. The summed E-state index contributed by atoms with van der Waals surface area (Å²) >= 11 is 0. The van der Waals surface area contributed by atoms with Crippen LogP contribution in [-0.4, -0.2) is 59.0 Å². The number of benzene rings is 2. The van der Waals surface area contributed by atoms with Gasteiger partial charge in [0.05, 0.1) is 11.3 Å². The van der Waals surface area contributed by atoms with Crippen LogP contribution in [0.1, 0.15) is 10.4 Å². The van der Waals surface area contributed by atoms with Crippen LogP contribution in [0.3, 0.4) is 0 Å². The van der Waals surface area contributed by atoms with E-state index >= 15 is 0 Å². The largest absolute Gasteiger partial charge is 0.454 e. The molecule has 0 saturated carbocycles. The molecule has 4 heterocycles. The Morgan fingerprint density at radius 3 is 2.59 bits per heavy atom. The van der Waals surface area contributed by atoms with E-state index in [-0.39, 0.29) is 12.7 Å². The number of aromatic amines is 1. The second kappa shape index (κ2) is 7.56. The van der Waals surface area contributed by atoms with Gasteiger partial charge in [0.2, 0.25) is 6.79 Å². The predicted molar refractivity (Wildman–Crippen MR) is 120 cm³/mol. The molecule has 2 aromatic heterocycles. The molecule has 32 heavy (non-hydrogen) atoms. The highest BCUT2D eigenvalue weighted by atomic mass is 16.7. The van der Waals surface area contributed by atoms with E-state index in [2.05, 4.69) is 20.1 Å². The van der Waals surface area contributed by atoms with Gasteiger partial charge in [0.1, 0.15) is 0 Å². The molecule has 0 radical (unpaired) electrons. The number of rotatable bonds is 3. The van der Waals surface area contributed by atoms with Crippen molar-refractivity contribution < 1.29 is 14.3 Å². The summed E-state index contributed by atoms with van der Waals surface area (Å²) in [7, 11) is 0. The number of carbonyl (C=O) groups excluding carboxylic acids is 1. The molecule has 4 aromatic rings. The SMILES string of the molecule is O=C(c1c[nH]c2ccccc12)N1CCN(c2ccc(-c3ccc4c(c3)OCO4)nn2)CC1. The number of carbonyl (C=O) groups is 1. The third kappa shape index (κ3) is 3.20. The smallest absolute Gasteiger partial charge is 0.256 e. The van der Waals surface area contributed by atoms with E-state index in [0.29, 0.717) is 26.2 Å². The van der Waals surface area contributed by atoms with Crippen LogP contribution in [0.2, 0.25) is 0 Å². The fraction of sp³-hybridized carbons (Fsp3) is 0.208. The molecule has 1 N–H and O–H groups in total. The van der Waals surface area contributed by atoms with Gasteiger partial charge in [-0.05, 0) is 36.4 Å². The van der Waals surface area contributed by atoms with Crippen LogP contribution in [0.15, 0.2) is 60.8 Å². The Bertz CT molecular complexity index is 1290. The lowest BCUT2D eigenvalue weighted by molar-refractivity contribution is 0.0748. The van der Waals surface area contributed by atoms with Gasteiger partial charge in [-0.1, -0.05) is 18.2 Å². The summed E-state index contributed by atoms with van der Waals surface area (Å²) < 4.78 is 10.8. The quantitative estimate of drug-likeness (QED) is 0.540. The molecule has 1 saturated heterocycles. The van der Waals surface area contributed by atoms with Gasteiger partial charge in [-0.25, -0.2) is 0 Å². The first-order valence-electron chi connectivity index (χ1n) is 10.6. The molecule has 2 aromatic carbocycles. The molecule has 0 bridgehead atoms. The maximum atomic E-state index is 13.0. The number of amides is 1. The van der Waals surface area contributed by atoms with E-state index in [1.165, 1.54) is 0 Å². The predicted octanol–water partition coefficient (Wildman–Crippen LogP) is 3.32. The van der Waals surface area contributed by atoms with Crippen LogP contribution < -0.4 is 14.4 Å². The van der Waals surface area contributed by atoms with Crippen molar-refractivity contribution in [3.8, 4) is 22.8 Å². The summed E-state index contributed by atoms with van der Waals surface area (Å²) in [5.41, 5.74) is 3.41. The minimum absolute atomic E-state index is 0.0614. The highest BCUT2D eigenvalue weighted by Crippen LogP contribution is 2.35. The molecule has 8 nitrogen and oxygen atoms in total. The minimum Gasteiger partial charge on any atom is -0.454 e. The van der Waals surface area contributed by atoms with E-state index < -0.39 is 0 Å². The topological polar surface area (TPSA) is 83.6 Å². The Balaban J connectivity index is 1.13. The average Bonchev–Trinajstić information content (AvgIpc) is 3.50. The molecule has 2 aliphatic heterocycles. The molecule has 0 unspecified atom stereocenters. The van der Waals surface area contributed by atoms with Crippen LogP contribution >= 0.6 is 0 Å². The van der Waals surface area contributed by atoms with Crippen molar-refractivity contribution in [1.29, 1.82) is 0 Å². The Kier molecular flexibility index (Phi) is 4.41. The van der Waals surface area contributed by atoms with Gasteiger partial charge in [0.15, 0.2) is 17.3 Å². The summed E-state index contributed by atoms with van der Waals surface area (Å²) in [6.45, 7) is 2.96. The van der Waals surface area contributed by atoms with Crippen molar-refractivity contribution in [2.75, 3.05) is 37.9 Å². The lowest BCUT2D eigenvalue weighted by Crippen LogP contribution is -2.49. The molecular weight excluding hydrogens is 406 g/mol. The molecule has 160 valence electrons. The summed E-state index contributed by atoms with van der Waals surface area (Å²) in [6, 6.07) is 17.6. The lowest BCUT2D eigenvalue weighted by atomic mass is 10.1. The molecule has 0 atom stereocenters. The Morgan fingerprint density at radius 1 is 0.906 bits per heavy atom. The van der Waals surface area contributed by atoms with Crippen molar-refractivity contribution >= 4 is 22.6 Å². The molecule has 1 amide bonds. The number of para-hydroxylation sites is 1. The van der Waals surface area contributed by atoms with Gasteiger partial charge in [0, 0.05) is 48.8 Å². The molecule has 6 rings (SSSR count). The summed E-state index contributed by atoms with van der Waals surface area (Å²) in [6.07, 6.45) is 1.81. The Morgan fingerprint density at radius 2 is 1.75 bits per heavy atom. The molecule has 1 fully saturated rings. The zero-order chi connectivity index (χ0) is 21.5. The summed E-state index contributed by atoms with van der Waals surface area (Å²) in [5, 5.41) is 9.80. The third-order valence-corrected chi connectivity index (χ3v) is 6.03. The van der Waals surface area contributed by atoms with Gasteiger partial charge in [-0.2, -0.15) is 0 Å². The zero-order valence-corrected chi connectivity index (χ0v) is 17.3. The van der Waals surface area contributed by atoms with Gasteiger partial charge in [-0.15, -0.1) is 10.2 Å². The minimum atomic E-state index is 0.0614. The highest BCUT2D eigenvalue weighted by Gasteiger charge is 2.25. The van der Waals surface area contributed by atoms with Crippen LogP contribution in [-0.2, 0) is 0 Å². The van der Waals surface area contributed by atoms with Crippen LogP contribution in [0.25, 0.3) is 22.2 Å². The van der Waals surface area contributed by atoms with E-state index in [9.17, 15) is 4.79 Å². The average molecular weight is 427 g/mol. The number of ether oxygens (including phenoxy) is 2. The standard InChI is InChI=1S/C24H21N5O3/c30-24(18-14-25-20-4-2-1-3-17(18)20)29-11-9-28(10-12-29)23-8-6-19(26-27-23)16-5-7-21-22(13-16)32-15-31-21/h1-8,13-14,25H,9-12,15H2. The highest BCUT2D eigenvalue weighted by molar-refractivity contribution is 6.06. The van der Waals surface area contributed by atoms with Gasteiger partial charge >= 0.3 is 0 Å². The van der Waals surface area contributed by atoms with E-state index in [0.717, 1.165) is 45.0 Å². The number of nitrogens with one attached hydrogen (secondary N) is 1. The molecule has 8 heteroatoms. The first-order chi connectivity index (χ1) is 15.8. The van der Waals surface area contributed by atoms with Crippen molar-refractivity contribution in [1.82, 2.24) is 20.1 Å². The fourth-order valence-corrected chi connectivity index (χ4v) is 4.26. The number of hydrogen-bond donors (Lipinski definition) is 1. The van der Waals surface area contributed by atoms with Crippen molar-refractivity contribution in [2.24, 2.45) is 0 Å². The maximum absolute atomic E-state index is 13.0. The number of anilines is 1. The van der Waals surface area contributed by atoms with Crippen LogP contribution in [0.4, 0.5) is 5.82 Å². The maximum Gasteiger partial charge on any atom is 0.256 e. The summed E-state index contributed by atoms with van der Waals surface area (Å²) in [5.74, 6) is 2.35. The second-order valence-corrected chi connectivity index (χ2v) is 7.87. The van der Waals surface area contributed by atoms with E-state index in [1.54, 1.807) is 6.20 Å². The molecular formula is C24H21N5O3. The number of aromatic nitrogens is 3. The Labute approximate surface area is 184 Å². The first-order valence-corrected chi connectivity index (χ1v) is 10.6. The molecule has 2 aliphatic rings. The number of nitrogens with zero attached hydrogens (tertiary/aromatic N) is 4. The zero-order valence-electron chi connectivity index (χ0n) is 17.3. The number of fused-ring (bicyclic) bond motifs is 2. The number of hydrogen-bond acceptors (Lipinski definition) is 6. The van der Waals surface area contributed by atoms with Gasteiger partial charge in [-0.3, -0.25) is 4.79 Å². The van der Waals surface area contributed by atoms with Gasteiger partial charge < -0.3 is 24.3 Å². The van der Waals surface area contributed by atoms with Crippen molar-refractivity contribution in [3.05, 3.63) is 66.4 Å². The third-order valence-electron chi connectivity index (χ3n) is 6.03. The molecule has 0 spiro atoms. The van der Waals surface area contributed by atoms with E-state index in [4.69, 9.17) is 9.47 Å². The molecule has 0 aliphatic carbocycles. The number of H-pyrrole nitrogens is 1. The fourth-order valence-electron chi connectivity index (χ4n) is 4.26. The number of piperazine rings is 1. The van der Waals surface area contributed by atoms with Crippen LogP contribution in [0.5, 0.6) is 11.5 Å². The summed E-state index contributed by atoms with van der Waals surface area (Å²) in [4.78, 5) is 20.3.